The predicted octanol–water partition coefficient (Wildman–Crippen LogP) is 17.2. The van der Waals surface area contributed by atoms with Crippen LogP contribution in [0, 0.1) is 41.5 Å². The van der Waals surface area contributed by atoms with E-state index in [-0.39, 0.29) is 23.7 Å². The van der Waals surface area contributed by atoms with Crippen molar-refractivity contribution < 1.29 is 38.2 Å². The number of amides is 4. The maximum atomic E-state index is 11.7. The first-order valence-electron chi connectivity index (χ1n) is 28.9. The van der Waals surface area contributed by atoms with Gasteiger partial charge in [-0.2, -0.15) is 4.33 Å². The molecule has 0 unspecified atom stereocenters. The minimum absolute atomic E-state index is 0.0202. The number of rotatable bonds is 13. The Morgan fingerprint density at radius 2 is 0.726 bits per heavy atom. The summed E-state index contributed by atoms with van der Waals surface area (Å²) in [5.74, 6) is 0.369. The number of phenolic OH excluding ortho intramolecular Hbond substituents is 1. The van der Waals surface area contributed by atoms with Gasteiger partial charge in [-0.3, -0.25) is 14.4 Å². The number of carbonyl (C=O) groups is 4. The van der Waals surface area contributed by atoms with Crippen LogP contribution in [0.3, 0.4) is 0 Å². The molecule has 0 saturated heterocycles. The molecule has 0 radical (unpaired) electrons. The van der Waals surface area contributed by atoms with E-state index in [1.807, 2.05) is 183 Å². The lowest BCUT2D eigenvalue weighted by molar-refractivity contribution is -0.160. The van der Waals surface area contributed by atoms with Crippen LogP contribution in [0.5, 0.6) is 11.5 Å². The van der Waals surface area contributed by atoms with Gasteiger partial charge in [-0.25, -0.2) is 39.6 Å². The van der Waals surface area contributed by atoms with E-state index in [1.165, 1.54) is 24.1 Å². The summed E-state index contributed by atoms with van der Waals surface area (Å²) in [5, 5.41) is 29.7. The zero-order chi connectivity index (χ0) is 68.6. The molecule has 4 N–H and O–H groups in total. The quantitative estimate of drug-likeness (QED) is 0.0553. The van der Waals surface area contributed by atoms with Crippen LogP contribution in [-0.2, 0) is 9.22 Å². The van der Waals surface area contributed by atoms with E-state index < -0.39 is 5.91 Å². The number of aryl methyl sites for hydroxylation is 6. The molecule has 6 heterocycles. The Labute approximate surface area is 581 Å². The number of carbonyl (C=O) groups excluding carboxylic acids is 4. The largest absolute Gasteiger partial charge is 0.508 e. The van der Waals surface area contributed by atoms with Gasteiger partial charge < -0.3 is 30.7 Å². The maximum Gasteiger partial charge on any atom is 0.414 e. The van der Waals surface area contributed by atoms with Gasteiger partial charge in [0.25, 0.3) is 11.8 Å². The van der Waals surface area contributed by atoms with Gasteiger partial charge in [0.15, 0.2) is 0 Å². The van der Waals surface area contributed by atoms with Crippen molar-refractivity contribution in [2.75, 3.05) is 42.3 Å². The minimum atomic E-state index is -0.406. The number of hydrogen-bond donors (Lipinski definition) is 3. The highest BCUT2D eigenvalue weighted by atomic mass is 32.2. The van der Waals surface area contributed by atoms with E-state index in [0.29, 0.717) is 22.4 Å². The molecule has 25 heteroatoms. The maximum absolute atomic E-state index is 11.7. The monoisotopic (exact) mass is 1400 g/mol. The van der Waals surface area contributed by atoms with Gasteiger partial charge >= 0.3 is 6.09 Å². The number of hydrogen-bond acceptors (Lipinski definition) is 21. The smallest absolute Gasteiger partial charge is 0.414 e. The van der Waals surface area contributed by atoms with Crippen LogP contribution in [0.15, 0.2) is 183 Å². The van der Waals surface area contributed by atoms with Gasteiger partial charge in [0, 0.05) is 157 Å². The third-order valence-electron chi connectivity index (χ3n) is 12.6. The van der Waals surface area contributed by atoms with Crippen LogP contribution in [0.1, 0.15) is 65.2 Å². The van der Waals surface area contributed by atoms with Gasteiger partial charge in [-0.1, -0.05) is 48.5 Å². The lowest BCUT2D eigenvalue weighted by Crippen LogP contribution is -2.25. The number of thiazole rings is 6. The van der Waals surface area contributed by atoms with Crippen molar-refractivity contribution in [3.8, 4) is 74.9 Å². The molecule has 12 aromatic rings. The summed E-state index contributed by atoms with van der Waals surface area (Å²) in [6.07, 6.45) is -0.382. The fourth-order valence-corrected chi connectivity index (χ4v) is 13.0. The van der Waals surface area contributed by atoms with Crippen molar-refractivity contribution in [2.24, 2.45) is 5.73 Å². The number of ether oxygens (including phenoxy) is 1. The summed E-state index contributed by atoms with van der Waals surface area (Å²) < 4.78 is 9.91. The van der Waals surface area contributed by atoms with Crippen LogP contribution in [0.25, 0.3) is 63.4 Å². The number of primary amides is 1. The number of aromatic nitrogens is 6. The summed E-state index contributed by atoms with van der Waals surface area (Å²) in [5.41, 5.74) is 19.5. The summed E-state index contributed by atoms with van der Waals surface area (Å²) in [4.78, 5) is 80.1. The van der Waals surface area contributed by atoms with Gasteiger partial charge in [-0.05, 0) is 139 Å². The first-order chi connectivity index (χ1) is 45.5. The average Bonchev–Trinajstić information content (AvgIpc) is 2.22. The zero-order valence-electron chi connectivity index (χ0n) is 54.1. The molecule has 0 aliphatic heterocycles. The van der Waals surface area contributed by atoms with Crippen LogP contribution in [-0.4, -0.2) is 111 Å². The Balaban J connectivity index is 0.000000161. The Morgan fingerprint density at radius 1 is 0.432 bits per heavy atom. The summed E-state index contributed by atoms with van der Waals surface area (Å²) in [7, 11) is 9.91. The molecule has 18 nitrogen and oxygen atoms in total. The molecule has 6 aromatic carbocycles. The number of nitrogens with one attached hydrogen (secondary N) is 1. The van der Waals surface area contributed by atoms with Crippen LogP contribution in [0.4, 0.5) is 4.79 Å². The van der Waals surface area contributed by atoms with E-state index in [2.05, 4.69) is 40.1 Å². The van der Waals surface area contributed by atoms with Gasteiger partial charge in [0.2, 0.25) is 5.91 Å². The van der Waals surface area contributed by atoms with Crippen molar-refractivity contribution in [1.82, 2.24) is 45.0 Å². The van der Waals surface area contributed by atoms with Crippen LogP contribution in [0.2, 0.25) is 0 Å². The molecule has 0 aliphatic rings. The van der Waals surface area contributed by atoms with Crippen LogP contribution < -0.4 is 15.8 Å². The minimum Gasteiger partial charge on any atom is -0.508 e. The first-order valence-corrected chi connectivity index (χ1v) is 34.9. The molecule has 4 amide bonds. The highest BCUT2D eigenvalue weighted by Gasteiger charge is 2.12. The van der Waals surface area contributed by atoms with E-state index in [9.17, 15) is 19.2 Å². The number of phenols is 1. The first kappa shape index (κ1) is 73.3. The molecule has 95 heavy (non-hydrogen) atoms. The molecule has 0 bridgehead atoms. The van der Waals surface area contributed by atoms with E-state index >= 15 is 0 Å². The normalized spacial score (nSPS) is 10.3. The molecule has 0 aliphatic carbocycles. The fourth-order valence-electron chi connectivity index (χ4n) is 7.81. The van der Waals surface area contributed by atoms with Crippen molar-refractivity contribution in [3.63, 3.8) is 0 Å². The number of nitrogens with zero attached hydrogens (tertiary/aromatic N) is 8. The van der Waals surface area contributed by atoms with Crippen molar-refractivity contribution in [1.29, 1.82) is 0 Å². The fraction of sp³-hybridized carbons (Fsp3) is 0.171. The molecule has 6 aromatic heterocycles. The molecule has 0 spiro atoms. The lowest BCUT2D eigenvalue weighted by Gasteiger charge is -2.10. The van der Waals surface area contributed by atoms with Gasteiger partial charge in [0.1, 0.15) is 41.5 Å². The Hall–Kier alpha value is -9.15. The predicted molar refractivity (Wildman–Crippen MR) is 389 cm³/mol. The van der Waals surface area contributed by atoms with E-state index in [0.717, 1.165) is 102 Å². The number of aromatic hydroxyl groups is 1. The summed E-state index contributed by atoms with van der Waals surface area (Å²) in [6.45, 7) is 11.8. The summed E-state index contributed by atoms with van der Waals surface area (Å²) in [6, 6.07) is 44.6. The third kappa shape index (κ3) is 23.1. The standard InChI is InChI=1S/C13H14N2O2S.C13H14N2OS.C12H12N2OS.C11H10N2OS.C11H11NO2S2.C10H9NOS/c1-9-8-18-12(14-9)10-4-6-11(7-5-10)17-13(16)15(2)3;1-9-8-17-12(14-9)10-4-6-11(7-5-10)13(16)15(2)3;1-8-7-16-12(14-8)10-5-3-9(4-6-10)11(15)13-2;1-7-6-15-11(13-7)9-4-2-8(3-5-9)10(12)14;1-8-7-15-11(12-8)9-3-5-10(6-4-9)16-14-13-2;1-7-6-13-10(11-7)8-2-4-9(12)5-3-8/h4-8H,1-3H3;4-8H,1-3H3;3-7H,1-2H3,(H,13,15);2-6H,1H3,(H2,12,14);3-7H,1-2H3;2-6,12H,1H3. The van der Waals surface area contributed by atoms with Crippen molar-refractivity contribution >= 4 is 104 Å². The van der Waals surface area contributed by atoms with Crippen molar-refractivity contribution in [3.05, 3.63) is 229 Å². The highest BCUT2D eigenvalue weighted by molar-refractivity contribution is 7.94. The molecular weight excluding hydrogens is 1330 g/mol. The Kier molecular flexibility index (Phi) is 28.1. The van der Waals surface area contributed by atoms with Crippen molar-refractivity contribution in [2.45, 2.75) is 46.4 Å². The molecule has 0 saturated carbocycles. The summed E-state index contributed by atoms with van der Waals surface area (Å²) >= 11 is 10.9. The lowest BCUT2D eigenvalue weighted by atomic mass is 10.1. The SMILES string of the molecule is CNC(=O)c1ccc(-c2nc(C)cs2)cc1.COOSc1ccc(-c2nc(C)cs2)cc1.Cc1csc(-c2ccc(C(=O)N(C)C)cc2)n1.Cc1csc(-c2ccc(C(N)=O)cc2)n1.Cc1csc(-c2ccc(O)cc2)n1.Cc1csc(-c2ccc(OC(=O)N(C)C)cc2)n1. The molecular formula is C70H70N10O8S7. The molecule has 0 fully saturated rings. The Bertz CT molecular complexity index is 4370. The van der Waals surface area contributed by atoms with Gasteiger partial charge in [-0.15, -0.1) is 68.0 Å². The van der Waals surface area contributed by atoms with Gasteiger partial charge in [0.05, 0.1) is 19.2 Å². The average molecular weight is 1400 g/mol. The van der Waals surface area contributed by atoms with E-state index in [1.54, 1.807) is 145 Å². The second-order valence-corrected chi connectivity index (χ2v) is 26.7. The molecule has 0 atom stereocenters. The Morgan fingerprint density at radius 3 is 1.00 bits per heavy atom. The van der Waals surface area contributed by atoms with Crippen LogP contribution >= 0.6 is 80.1 Å². The third-order valence-corrected chi connectivity index (χ3v) is 19.3. The molecule has 12 rings (SSSR count). The van der Waals surface area contributed by atoms with E-state index in [4.69, 9.17) is 19.9 Å². The topological polar surface area (TPSA) is 238 Å². The highest BCUT2D eigenvalue weighted by Crippen LogP contribution is 2.31. The molecule has 490 valence electrons. The number of benzene rings is 6. The second kappa shape index (κ2) is 36.5. The second-order valence-electron chi connectivity index (χ2n) is 20.8. The number of nitrogens with two attached hydrogens (primary N) is 1. The zero-order valence-corrected chi connectivity index (χ0v) is 59.9.